The number of hydrogen-bond acceptors (Lipinski definition) is 2. The van der Waals surface area contributed by atoms with E-state index in [9.17, 15) is 4.79 Å². The predicted octanol–water partition coefficient (Wildman–Crippen LogP) is 2.16. The van der Waals surface area contributed by atoms with E-state index in [0.29, 0.717) is 6.42 Å². The Labute approximate surface area is 85.1 Å². The van der Waals surface area contributed by atoms with Crippen molar-refractivity contribution in [1.82, 2.24) is 9.78 Å². The van der Waals surface area contributed by atoms with Crippen LogP contribution in [0.2, 0.25) is 0 Å². The molecule has 14 heavy (non-hydrogen) atoms. The Kier molecular flexibility index (Phi) is 3.44. The topological polar surface area (TPSA) is 34.9 Å². The Morgan fingerprint density at radius 3 is 2.71 bits per heavy atom. The smallest absolute Gasteiger partial charge is 0.120 e. The molecule has 0 bridgehead atoms. The van der Waals surface area contributed by atoms with E-state index in [-0.39, 0.29) is 5.54 Å². The first-order chi connectivity index (χ1) is 6.54. The maximum Gasteiger partial charge on any atom is 0.120 e. The Bertz CT molecular complexity index is 296. The van der Waals surface area contributed by atoms with Gasteiger partial charge in [-0.2, -0.15) is 5.10 Å². The average molecular weight is 194 g/mol. The highest BCUT2D eigenvalue weighted by atomic mass is 16.1. The first-order valence-electron chi connectivity index (χ1n) is 5.01. The summed E-state index contributed by atoms with van der Waals surface area (Å²) < 4.78 is 1.96. The zero-order valence-electron chi connectivity index (χ0n) is 9.16. The van der Waals surface area contributed by atoms with Gasteiger partial charge in [-0.15, -0.1) is 0 Å². The van der Waals surface area contributed by atoms with E-state index >= 15 is 0 Å². The van der Waals surface area contributed by atoms with Crippen LogP contribution in [-0.2, 0) is 16.8 Å². The summed E-state index contributed by atoms with van der Waals surface area (Å²) in [5.41, 5.74) is 1.25. The van der Waals surface area contributed by atoms with Crippen LogP contribution in [0.4, 0.5) is 0 Å². The molecular weight excluding hydrogens is 176 g/mol. The molecule has 1 aromatic heterocycles. The van der Waals surface area contributed by atoms with Crippen molar-refractivity contribution < 1.29 is 4.79 Å². The van der Waals surface area contributed by atoms with Crippen LogP contribution in [0, 0.1) is 0 Å². The van der Waals surface area contributed by atoms with Crippen LogP contribution in [0.5, 0.6) is 0 Å². The van der Waals surface area contributed by atoms with Gasteiger partial charge in [0.25, 0.3) is 0 Å². The maximum atomic E-state index is 10.1. The van der Waals surface area contributed by atoms with Gasteiger partial charge < -0.3 is 4.79 Å². The van der Waals surface area contributed by atoms with E-state index in [1.54, 1.807) is 0 Å². The fourth-order valence-corrected chi connectivity index (χ4v) is 1.25. The third-order valence-electron chi connectivity index (χ3n) is 2.11. The van der Waals surface area contributed by atoms with E-state index in [1.165, 1.54) is 5.56 Å². The molecular formula is C11H18N2O. The van der Waals surface area contributed by atoms with Crippen LogP contribution in [0.25, 0.3) is 0 Å². The molecule has 1 heterocycles. The van der Waals surface area contributed by atoms with Gasteiger partial charge >= 0.3 is 0 Å². The molecule has 0 amide bonds. The van der Waals surface area contributed by atoms with E-state index in [0.717, 1.165) is 19.1 Å². The zero-order valence-corrected chi connectivity index (χ0v) is 9.16. The van der Waals surface area contributed by atoms with Gasteiger partial charge in [0.05, 0.1) is 11.7 Å². The number of aryl methyl sites for hydroxylation is 1. The SMILES string of the molecule is CC(C)(C)n1cc(CCCC=O)cn1. The van der Waals surface area contributed by atoms with E-state index in [1.807, 2.05) is 10.9 Å². The van der Waals surface area contributed by atoms with Crippen LogP contribution in [0.1, 0.15) is 39.2 Å². The van der Waals surface area contributed by atoms with Gasteiger partial charge in [-0.05, 0) is 39.2 Å². The van der Waals surface area contributed by atoms with Crippen LogP contribution in [0.15, 0.2) is 12.4 Å². The Balaban J connectivity index is 2.55. The van der Waals surface area contributed by atoms with Crippen LogP contribution >= 0.6 is 0 Å². The molecule has 0 saturated carbocycles. The monoisotopic (exact) mass is 194 g/mol. The number of rotatable bonds is 4. The summed E-state index contributed by atoms with van der Waals surface area (Å²) in [6.45, 7) is 6.36. The fourth-order valence-electron chi connectivity index (χ4n) is 1.25. The number of hydrogen-bond donors (Lipinski definition) is 0. The Morgan fingerprint density at radius 2 is 2.21 bits per heavy atom. The van der Waals surface area contributed by atoms with Gasteiger partial charge in [-0.1, -0.05) is 0 Å². The van der Waals surface area contributed by atoms with Crippen molar-refractivity contribution in [2.75, 3.05) is 0 Å². The lowest BCUT2D eigenvalue weighted by molar-refractivity contribution is -0.107. The molecule has 0 unspecified atom stereocenters. The summed E-state index contributed by atoms with van der Waals surface area (Å²) in [5.74, 6) is 0. The fraction of sp³-hybridized carbons (Fsp3) is 0.636. The lowest BCUT2D eigenvalue weighted by Gasteiger charge is -2.18. The molecule has 1 rings (SSSR count). The summed E-state index contributed by atoms with van der Waals surface area (Å²) in [5, 5.41) is 4.29. The van der Waals surface area contributed by atoms with Gasteiger partial charge in [-0.25, -0.2) is 0 Å². The number of carbonyl (C=O) groups is 1. The third kappa shape index (κ3) is 2.98. The quantitative estimate of drug-likeness (QED) is 0.544. The standard InChI is InChI=1S/C11H18N2O/c1-11(2,3)13-9-10(8-12-13)6-4-5-7-14/h7-9H,4-6H2,1-3H3. The Morgan fingerprint density at radius 1 is 1.50 bits per heavy atom. The van der Waals surface area contributed by atoms with Crippen molar-refractivity contribution in [3.8, 4) is 0 Å². The van der Waals surface area contributed by atoms with Crippen molar-refractivity contribution >= 4 is 6.29 Å². The van der Waals surface area contributed by atoms with Crippen molar-refractivity contribution in [2.24, 2.45) is 0 Å². The minimum atomic E-state index is 0.0446. The molecule has 0 N–H and O–H groups in total. The molecule has 3 heteroatoms. The highest BCUT2D eigenvalue weighted by molar-refractivity contribution is 5.49. The number of carbonyl (C=O) groups excluding carboxylic acids is 1. The van der Waals surface area contributed by atoms with Crippen molar-refractivity contribution in [2.45, 2.75) is 45.6 Å². The van der Waals surface area contributed by atoms with Crippen molar-refractivity contribution in [3.63, 3.8) is 0 Å². The van der Waals surface area contributed by atoms with Crippen LogP contribution in [0.3, 0.4) is 0 Å². The number of aldehydes is 1. The van der Waals surface area contributed by atoms with Crippen molar-refractivity contribution in [1.29, 1.82) is 0 Å². The first kappa shape index (κ1) is 11.0. The van der Waals surface area contributed by atoms with Crippen LogP contribution < -0.4 is 0 Å². The second-order valence-electron chi connectivity index (χ2n) is 4.52. The normalized spacial score (nSPS) is 11.6. The van der Waals surface area contributed by atoms with Gasteiger partial charge in [0, 0.05) is 12.6 Å². The largest absolute Gasteiger partial charge is 0.303 e. The summed E-state index contributed by atoms with van der Waals surface area (Å²) in [4.78, 5) is 10.1. The summed E-state index contributed by atoms with van der Waals surface area (Å²) in [6, 6.07) is 0. The zero-order chi connectivity index (χ0) is 10.6. The minimum absolute atomic E-state index is 0.0446. The van der Waals surface area contributed by atoms with E-state index < -0.39 is 0 Å². The van der Waals surface area contributed by atoms with E-state index in [2.05, 4.69) is 32.1 Å². The van der Waals surface area contributed by atoms with Crippen LogP contribution in [-0.4, -0.2) is 16.1 Å². The van der Waals surface area contributed by atoms with E-state index in [4.69, 9.17) is 0 Å². The second kappa shape index (κ2) is 4.40. The molecule has 0 atom stereocenters. The maximum absolute atomic E-state index is 10.1. The van der Waals surface area contributed by atoms with Crippen molar-refractivity contribution in [3.05, 3.63) is 18.0 Å². The number of aromatic nitrogens is 2. The summed E-state index contributed by atoms with van der Waals surface area (Å²) in [7, 11) is 0. The molecule has 0 saturated heterocycles. The molecule has 3 nitrogen and oxygen atoms in total. The van der Waals surface area contributed by atoms with Gasteiger partial charge in [0.2, 0.25) is 0 Å². The minimum Gasteiger partial charge on any atom is -0.303 e. The van der Waals surface area contributed by atoms with Gasteiger partial charge in [0.15, 0.2) is 0 Å². The first-order valence-corrected chi connectivity index (χ1v) is 5.01. The molecule has 0 radical (unpaired) electrons. The molecule has 0 fully saturated rings. The second-order valence-corrected chi connectivity index (χ2v) is 4.52. The number of nitrogens with zero attached hydrogens (tertiary/aromatic N) is 2. The molecule has 0 aliphatic heterocycles. The molecule has 78 valence electrons. The number of unbranched alkanes of at least 4 members (excludes halogenated alkanes) is 1. The van der Waals surface area contributed by atoms with Gasteiger partial charge in [-0.3, -0.25) is 4.68 Å². The summed E-state index contributed by atoms with van der Waals surface area (Å²) >= 11 is 0. The lowest BCUT2D eigenvalue weighted by atomic mass is 10.1. The highest BCUT2D eigenvalue weighted by Gasteiger charge is 2.13. The van der Waals surface area contributed by atoms with Gasteiger partial charge in [0.1, 0.15) is 6.29 Å². The molecule has 0 spiro atoms. The lowest BCUT2D eigenvalue weighted by Crippen LogP contribution is -2.21. The molecule has 0 aliphatic rings. The molecule has 0 aliphatic carbocycles. The summed E-state index contributed by atoms with van der Waals surface area (Å²) in [6.07, 6.45) is 7.41. The molecule has 0 aromatic carbocycles. The molecule has 1 aromatic rings. The highest BCUT2D eigenvalue weighted by Crippen LogP contribution is 2.14. The third-order valence-corrected chi connectivity index (χ3v) is 2.11. The Hall–Kier alpha value is -1.12. The predicted molar refractivity (Wildman–Crippen MR) is 56.2 cm³/mol. The average Bonchev–Trinajstić information content (AvgIpc) is 2.52.